The minimum absolute atomic E-state index is 0.373. The lowest BCUT2D eigenvalue weighted by atomic mass is 9.51. The summed E-state index contributed by atoms with van der Waals surface area (Å²) < 4.78 is 0. The summed E-state index contributed by atoms with van der Waals surface area (Å²) in [4.78, 5) is 0. The molecule has 154 valence electrons. The van der Waals surface area contributed by atoms with Gasteiger partial charge < -0.3 is 5.11 Å². The Morgan fingerprint density at radius 1 is 0.857 bits per heavy atom. The van der Waals surface area contributed by atoms with Gasteiger partial charge in [-0.15, -0.1) is 0 Å². The fourth-order valence-electron chi connectivity index (χ4n) is 8.11. The summed E-state index contributed by atoms with van der Waals surface area (Å²) in [5, 5.41) is 11.3. The number of hydrogen-bond donors (Lipinski definition) is 1. The summed E-state index contributed by atoms with van der Waals surface area (Å²) in [7, 11) is 0. The van der Waals surface area contributed by atoms with E-state index in [1.54, 1.807) is 32.1 Å². The first kappa shape index (κ1) is 19.2. The van der Waals surface area contributed by atoms with Gasteiger partial charge in [-0.1, -0.05) is 49.6 Å². The summed E-state index contributed by atoms with van der Waals surface area (Å²) in [5.41, 5.74) is 1.10. The molecule has 0 radical (unpaired) electrons. The van der Waals surface area contributed by atoms with Gasteiger partial charge in [-0.25, -0.2) is 0 Å². The van der Waals surface area contributed by atoms with E-state index in [0.717, 1.165) is 55.3 Å². The first-order chi connectivity index (χ1) is 13.7. The van der Waals surface area contributed by atoms with Crippen LogP contribution in [-0.2, 0) is 6.42 Å². The number of aliphatic hydroxyl groups is 1. The van der Waals surface area contributed by atoms with Crippen molar-refractivity contribution in [1.82, 2.24) is 0 Å². The lowest BCUT2D eigenvalue weighted by molar-refractivity contribution is -0.0464. The normalized spacial score (nSPS) is 37.1. The average Bonchev–Trinajstić information content (AvgIpc) is 2.68. The van der Waals surface area contributed by atoms with Crippen molar-refractivity contribution in [1.29, 1.82) is 0 Å². The Morgan fingerprint density at radius 2 is 1.50 bits per heavy atom. The molecule has 0 aromatic heterocycles. The standard InChI is InChI=1S/C27H40O/c28-27(11-5-2-6-12-27)19-21(13-20-7-3-1-4-8-20)9-10-26-24-15-22-14-23(17-24)18-25(26)16-22/h1,3-4,7-8,21-26,28H,2,5-6,9-19H2. The Bertz CT molecular complexity index is 601. The quantitative estimate of drug-likeness (QED) is 0.552. The van der Waals surface area contributed by atoms with Gasteiger partial charge in [0.2, 0.25) is 0 Å². The fourth-order valence-corrected chi connectivity index (χ4v) is 8.11. The molecule has 1 heteroatoms. The van der Waals surface area contributed by atoms with Crippen LogP contribution in [-0.4, -0.2) is 10.7 Å². The third-order valence-corrected chi connectivity index (χ3v) is 9.15. The molecule has 0 aliphatic heterocycles. The van der Waals surface area contributed by atoms with Crippen molar-refractivity contribution in [3.63, 3.8) is 0 Å². The Morgan fingerprint density at radius 3 is 2.14 bits per heavy atom. The number of rotatable bonds is 7. The van der Waals surface area contributed by atoms with Crippen LogP contribution in [0.4, 0.5) is 0 Å². The summed E-state index contributed by atoms with van der Waals surface area (Å²) in [6, 6.07) is 11.1. The predicted molar refractivity (Wildman–Crippen MR) is 116 cm³/mol. The summed E-state index contributed by atoms with van der Waals surface area (Å²) >= 11 is 0. The van der Waals surface area contributed by atoms with Crippen LogP contribution in [0.15, 0.2) is 30.3 Å². The molecule has 1 aromatic rings. The van der Waals surface area contributed by atoms with Crippen LogP contribution in [0.25, 0.3) is 0 Å². The van der Waals surface area contributed by atoms with Gasteiger partial charge in [-0.3, -0.25) is 0 Å². The zero-order valence-corrected chi connectivity index (χ0v) is 17.7. The van der Waals surface area contributed by atoms with Gasteiger partial charge in [0.05, 0.1) is 5.60 Å². The van der Waals surface area contributed by atoms with E-state index < -0.39 is 0 Å². The van der Waals surface area contributed by atoms with Crippen LogP contribution < -0.4 is 0 Å². The van der Waals surface area contributed by atoms with E-state index in [-0.39, 0.29) is 5.60 Å². The molecular weight excluding hydrogens is 340 g/mol. The molecule has 1 atom stereocenters. The van der Waals surface area contributed by atoms with E-state index in [4.69, 9.17) is 0 Å². The van der Waals surface area contributed by atoms with Crippen LogP contribution in [0.3, 0.4) is 0 Å². The van der Waals surface area contributed by atoms with Crippen LogP contribution >= 0.6 is 0 Å². The largest absolute Gasteiger partial charge is 0.390 e. The van der Waals surface area contributed by atoms with Crippen molar-refractivity contribution in [2.24, 2.45) is 35.5 Å². The van der Waals surface area contributed by atoms with Gasteiger partial charge in [-0.05, 0) is 112 Å². The molecule has 5 aliphatic rings. The van der Waals surface area contributed by atoms with E-state index in [1.807, 2.05) is 0 Å². The third-order valence-electron chi connectivity index (χ3n) is 9.15. The lowest BCUT2D eigenvalue weighted by Gasteiger charge is -2.55. The summed E-state index contributed by atoms with van der Waals surface area (Å²) in [6.45, 7) is 0. The van der Waals surface area contributed by atoms with E-state index in [2.05, 4.69) is 30.3 Å². The van der Waals surface area contributed by atoms with Crippen LogP contribution in [0.2, 0.25) is 0 Å². The molecule has 5 saturated carbocycles. The second-order valence-electron chi connectivity index (χ2n) is 11.2. The zero-order valence-electron chi connectivity index (χ0n) is 17.7. The molecular formula is C27H40O. The molecule has 1 aromatic carbocycles. The van der Waals surface area contributed by atoms with E-state index >= 15 is 0 Å². The second-order valence-corrected chi connectivity index (χ2v) is 11.2. The lowest BCUT2D eigenvalue weighted by Crippen LogP contribution is -2.45. The molecule has 5 fully saturated rings. The molecule has 1 unspecified atom stereocenters. The van der Waals surface area contributed by atoms with Crippen LogP contribution in [0.5, 0.6) is 0 Å². The van der Waals surface area contributed by atoms with Crippen molar-refractivity contribution in [2.45, 2.75) is 95.5 Å². The van der Waals surface area contributed by atoms with Gasteiger partial charge in [0.1, 0.15) is 0 Å². The van der Waals surface area contributed by atoms with Crippen LogP contribution in [0.1, 0.15) is 89.0 Å². The third kappa shape index (κ3) is 4.20. The van der Waals surface area contributed by atoms with Crippen molar-refractivity contribution in [3.8, 4) is 0 Å². The Balaban J connectivity index is 1.25. The monoisotopic (exact) mass is 380 g/mol. The maximum absolute atomic E-state index is 11.3. The molecule has 1 nitrogen and oxygen atoms in total. The maximum atomic E-state index is 11.3. The van der Waals surface area contributed by atoms with Gasteiger partial charge >= 0.3 is 0 Å². The topological polar surface area (TPSA) is 20.2 Å². The number of hydrogen-bond acceptors (Lipinski definition) is 1. The molecule has 1 N–H and O–H groups in total. The Kier molecular flexibility index (Phi) is 5.57. The highest BCUT2D eigenvalue weighted by molar-refractivity contribution is 5.15. The highest BCUT2D eigenvalue weighted by Crippen LogP contribution is 2.57. The van der Waals surface area contributed by atoms with E-state index in [0.29, 0.717) is 5.92 Å². The van der Waals surface area contributed by atoms with E-state index in [1.165, 1.54) is 37.7 Å². The molecule has 6 rings (SSSR count). The average molecular weight is 381 g/mol. The zero-order chi connectivity index (χ0) is 19.0. The van der Waals surface area contributed by atoms with E-state index in [9.17, 15) is 5.11 Å². The van der Waals surface area contributed by atoms with Crippen LogP contribution in [0, 0.1) is 35.5 Å². The molecule has 0 heterocycles. The number of benzene rings is 1. The SMILES string of the molecule is OC1(CC(CCC2C3CC4CC(C3)CC2C4)Cc2ccccc2)CCCCC1. The van der Waals surface area contributed by atoms with Crippen molar-refractivity contribution < 1.29 is 5.11 Å². The van der Waals surface area contributed by atoms with Crippen molar-refractivity contribution >= 4 is 0 Å². The minimum Gasteiger partial charge on any atom is -0.390 e. The van der Waals surface area contributed by atoms with Gasteiger partial charge in [0, 0.05) is 0 Å². The van der Waals surface area contributed by atoms with Crippen molar-refractivity contribution in [3.05, 3.63) is 35.9 Å². The predicted octanol–water partition coefficient (Wildman–Crippen LogP) is 6.78. The van der Waals surface area contributed by atoms with Gasteiger partial charge in [0.25, 0.3) is 0 Å². The van der Waals surface area contributed by atoms with Gasteiger partial charge in [0.15, 0.2) is 0 Å². The first-order valence-electron chi connectivity index (χ1n) is 12.4. The smallest absolute Gasteiger partial charge is 0.0650 e. The Hall–Kier alpha value is -0.820. The molecule has 0 saturated heterocycles. The molecule has 0 amide bonds. The Labute approximate surface area is 172 Å². The minimum atomic E-state index is -0.373. The van der Waals surface area contributed by atoms with Crippen molar-refractivity contribution in [2.75, 3.05) is 0 Å². The second kappa shape index (κ2) is 8.13. The highest BCUT2D eigenvalue weighted by Gasteiger charge is 2.47. The summed E-state index contributed by atoms with van der Waals surface area (Å²) in [6.07, 6.45) is 18.6. The fraction of sp³-hybridized carbons (Fsp3) is 0.778. The molecule has 28 heavy (non-hydrogen) atoms. The first-order valence-corrected chi connectivity index (χ1v) is 12.4. The van der Waals surface area contributed by atoms with Gasteiger partial charge in [-0.2, -0.15) is 0 Å². The highest BCUT2D eigenvalue weighted by atomic mass is 16.3. The molecule has 4 bridgehead atoms. The summed E-state index contributed by atoms with van der Waals surface area (Å²) in [5.74, 6) is 5.93. The molecule has 5 aliphatic carbocycles. The molecule has 0 spiro atoms. The maximum Gasteiger partial charge on any atom is 0.0650 e.